The number of carbonyl (C=O) groups excluding carboxylic acids is 1. The van der Waals surface area contributed by atoms with E-state index in [2.05, 4.69) is 84.9 Å². The molecule has 2 aromatic carbocycles. The second-order valence-corrected chi connectivity index (χ2v) is 14.9. The molecule has 0 radical (unpaired) electrons. The van der Waals surface area contributed by atoms with Crippen molar-refractivity contribution in [3.63, 3.8) is 0 Å². The van der Waals surface area contributed by atoms with Gasteiger partial charge in [0, 0.05) is 42.7 Å². The predicted octanol–water partition coefficient (Wildman–Crippen LogP) is 6.51. The number of carboxylic acids is 1. The Morgan fingerprint density at radius 3 is 2.55 bits per heavy atom. The fourth-order valence-corrected chi connectivity index (χ4v) is 7.24. The smallest absolute Gasteiger partial charge is 0.308 e. The van der Waals surface area contributed by atoms with Crippen LogP contribution in [-0.4, -0.2) is 79.8 Å². The number of hydrogen-bond acceptors (Lipinski definition) is 4. The summed E-state index contributed by atoms with van der Waals surface area (Å²) in [4.78, 5) is 31.4. The number of carboxylic acid groups (broad SMARTS) is 1. The number of ether oxygens (including phenoxy) is 1. The highest BCUT2D eigenvalue weighted by Gasteiger charge is 2.48. The van der Waals surface area contributed by atoms with Crippen LogP contribution in [0.25, 0.3) is 0 Å². The molecule has 1 saturated heterocycles. The minimum atomic E-state index is -0.796. The van der Waals surface area contributed by atoms with E-state index in [-0.39, 0.29) is 29.8 Å². The highest BCUT2D eigenvalue weighted by Crippen LogP contribution is 2.44. The van der Waals surface area contributed by atoms with Crippen molar-refractivity contribution in [2.24, 2.45) is 11.3 Å². The van der Waals surface area contributed by atoms with Gasteiger partial charge in [0.1, 0.15) is 12.3 Å². The normalized spacial score (nSPS) is 20.2. The van der Waals surface area contributed by atoms with Crippen LogP contribution in [0.1, 0.15) is 76.5 Å². The first-order chi connectivity index (χ1) is 20.7. The Kier molecular flexibility index (Phi) is 10.6. The van der Waals surface area contributed by atoms with Crippen molar-refractivity contribution in [1.29, 1.82) is 0 Å². The van der Waals surface area contributed by atoms with E-state index in [9.17, 15) is 14.7 Å². The number of unbranched alkanes of at least 4 members (excludes halogenated alkanes) is 1. The molecule has 0 aromatic heterocycles. The summed E-state index contributed by atoms with van der Waals surface area (Å²) in [6.07, 6.45) is 5.61. The summed E-state index contributed by atoms with van der Waals surface area (Å²) >= 11 is 0. The molecule has 2 aliphatic rings. The quantitative estimate of drug-likeness (QED) is 0.209. The minimum Gasteiger partial charge on any atom is -0.493 e. The lowest BCUT2D eigenvalue weighted by Gasteiger charge is -2.34. The predicted molar refractivity (Wildman–Crippen MR) is 178 cm³/mol. The standard InChI is InChI=1S/C37H53N3O4/c1-9-10-17-39(30-13-11-12-27(19-30)25-40(6,7)8)34(41)24-38-23-31(28-14-15-33-29(20-28)16-18-44-33)35(36(42)43)32(38)22-37(4,5)21-26(2)3/h11-15,19-21,31-32,35H,9-10,16-18,22-25H2,1-8H3/p+1. The van der Waals surface area contributed by atoms with E-state index in [1.807, 2.05) is 29.2 Å². The Bertz CT molecular complexity index is 1350. The van der Waals surface area contributed by atoms with Crippen molar-refractivity contribution >= 4 is 17.6 Å². The van der Waals surface area contributed by atoms with Gasteiger partial charge in [0.05, 0.1) is 40.2 Å². The van der Waals surface area contributed by atoms with Gasteiger partial charge in [0.25, 0.3) is 0 Å². The molecule has 1 fully saturated rings. The highest BCUT2D eigenvalue weighted by molar-refractivity contribution is 5.95. The molecule has 4 rings (SSSR count). The van der Waals surface area contributed by atoms with Crippen molar-refractivity contribution in [2.75, 3.05) is 52.3 Å². The molecule has 0 bridgehead atoms. The summed E-state index contributed by atoms with van der Waals surface area (Å²) in [5.74, 6) is -0.708. The Morgan fingerprint density at radius 2 is 1.89 bits per heavy atom. The molecule has 0 saturated carbocycles. The van der Waals surface area contributed by atoms with Crippen molar-refractivity contribution in [3.05, 3.63) is 70.8 Å². The molecule has 2 aliphatic heterocycles. The number of carbonyl (C=O) groups is 2. The Labute approximate surface area is 265 Å². The van der Waals surface area contributed by atoms with Gasteiger partial charge in [-0.05, 0) is 61.4 Å². The van der Waals surface area contributed by atoms with Gasteiger partial charge in [-0.25, -0.2) is 0 Å². The van der Waals surface area contributed by atoms with Crippen molar-refractivity contribution in [3.8, 4) is 5.75 Å². The topological polar surface area (TPSA) is 70.1 Å². The van der Waals surface area contributed by atoms with Crippen LogP contribution in [0.2, 0.25) is 0 Å². The van der Waals surface area contributed by atoms with Crippen LogP contribution in [0.4, 0.5) is 5.69 Å². The summed E-state index contributed by atoms with van der Waals surface area (Å²) in [6, 6.07) is 14.2. The number of rotatable bonds is 13. The average Bonchev–Trinajstić information content (AvgIpc) is 3.51. The molecule has 240 valence electrons. The zero-order valence-corrected chi connectivity index (χ0v) is 28.2. The maximum Gasteiger partial charge on any atom is 0.308 e. The van der Waals surface area contributed by atoms with Crippen LogP contribution in [0, 0.1) is 11.3 Å². The molecule has 3 atom stereocenters. The number of allylic oxidation sites excluding steroid dienone is 2. The second-order valence-electron chi connectivity index (χ2n) is 14.9. The van der Waals surface area contributed by atoms with Crippen LogP contribution in [0.5, 0.6) is 5.75 Å². The van der Waals surface area contributed by atoms with Gasteiger partial charge in [0.2, 0.25) is 5.91 Å². The number of fused-ring (bicyclic) bond motifs is 1. The molecular weight excluding hydrogens is 550 g/mol. The zero-order chi connectivity index (χ0) is 32.2. The summed E-state index contributed by atoms with van der Waals surface area (Å²) in [5, 5.41) is 10.7. The number of quaternary nitrogens is 1. The third-order valence-corrected chi connectivity index (χ3v) is 8.84. The van der Waals surface area contributed by atoms with Gasteiger partial charge in [-0.15, -0.1) is 0 Å². The number of nitrogens with zero attached hydrogens (tertiary/aromatic N) is 3. The molecule has 3 unspecified atom stereocenters. The molecule has 2 heterocycles. The van der Waals surface area contributed by atoms with E-state index >= 15 is 0 Å². The summed E-state index contributed by atoms with van der Waals surface area (Å²) in [6.45, 7) is 13.5. The van der Waals surface area contributed by atoms with Gasteiger partial charge < -0.3 is 19.2 Å². The molecule has 0 spiro atoms. The lowest BCUT2D eigenvalue weighted by atomic mass is 9.77. The molecule has 7 heteroatoms. The number of benzene rings is 2. The highest BCUT2D eigenvalue weighted by atomic mass is 16.5. The summed E-state index contributed by atoms with van der Waals surface area (Å²) in [7, 11) is 6.50. The SMILES string of the molecule is CCCCN(C(=O)CN1CC(c2ccc3c(c2)CCO3)C(C(=O)O)C1CC(C)(C)C=C(C)C)c1cccc(C[N+](C)(C)C)c1. The van der Waals surface area contributed by atoms with Crippen LogP contribution >= 0.6 is 0 Å². The second kappa shape index (κ2) is 13.9. The maximum atomic E-state index is 14.3. The van der Waals surface area contributed by atoms with E-state index in [0.29, 0.717) is 26.1 Å². The third kappa shape index (κ3) is 8.51. The monoisotopic (exact) mass is 604 g/mol. The fraction of sp³-hybridized carbons (Fsp3) is 0.568. The Balaban J connectivity index is 1.68. The number of amides is 1. The molecule has 1 N–H and O–H groups in total. The van der Waals surface area contributed by atoms with Crippen LogP contribution in [-0.2, 0) is 22.6 Å². The number of anilines is 1. The third-order valence-electron chi connectivity index (χ3n) is 8.84. The largest absolute Gasteiger partial charge is 0.493 e. The van der Waals surface area contributed by atoms with E-state index in [1.54, 1.807) is 0 Å². The van der Waals surface area contributed by atoms with E-state index in [0.717, 1.165) is 52.9 Å². The molecule has 0 aliphatic carbocycles. The van der Waals surface area contributed by atoms with E-state index < -0.39 is 11.9 Å². The lowest BCUT2D eigenvalue weighted by molar-refractivity contribution is -0.884. The maximum absolute atomic E-state index is 14.3. The van der Waals surface area contributed by atoms with E-state index in [1.165, 1.54) is 11.1 Å². The first-order valence-electron chi connectivity index (χ1n) is 16.3. The molecule has 2 aromatic rings. The van der Waals surface area contributed by atoms with E-state index in [4.69, 9.17) is 4.74 Å². The van der Waals surface area contributed by atoms with Crippen molar-refractivity contribution in [2.45, 2.75) is 78.8 Å². The van der Waals surface area contributed by atoms with Gasteiger partial charge >= 0.3 is 5.97 Å². The average molecular weight is 605 g/mol. The molecule has 7 nitrogen and oxygen atoms in total. The van der Waals surface area contributed by atoms with Gasteiger partial charge in [-0.1, -0.05) is 63.1 Å². The van der Waals surface area contributed by atoms with Crippen molar-refractivity contribution < 1.29 is 23.9 Å². The number of hydrogen-bond donors (Lipinski definition) is 1. The first-order valence-corrected chi connectivity index (χ1v) is 16.3. The van der Waals surface area contributed by atoms with Crippen LogP contribution < -0.4 is 9.64 Å². The summed E-state index contributed by atoms with van der Waals surface area (Å²) < 4.78 is 6.54. The number of aliphatic carboxylic acids is 1. The summed E-state index contributed by atoms with van der Waals surface area (Å²) in [5.41, 5.74) is 5.26. The van der Waals surface area contributed by atoms with Gasteiger partial charge in [0.15, 0.2) is 0 Å². The fourth-order valence-electron chi connectivity index (χ4n) is 7.24. The van der Waals surface area contributed by atoms with Crippen LogP contribution in [0.3, 0.4) is 0 Å². The molecule has 44 heavy (non-hydrogen) atoms. The molecule has 1 amide bonds. The minimum absolute atomic E-state index is 0.0259. The van der Waals surface area contributed by atoms with Gasteiger partial charge in [-0.2, -0.15) is 0 Å². The van der Waals surface area contributed by atoms with Crippen LogP contribution in [0.15, 0.2) is 54.1 Å². The zero-order valence-electron chi connectivity index (χ0n) is 28.2. The Morgan fingerprint density at radius 1 is 1.14 bits per heavy atom. The lowest BCUT2D eigenvalue weighted by Crippen LogP contribution is -2.45. The first kappa shape index (κ1) is 33.7. The molecular formula is C37H54N3O4+. The van der Waals surface area contributed by atoms with Gasteiger partial charge in [-0.3, -0.25) is 14.5 Å². The Hall–Kier alpha value is -3.16. The number of likely N-dealkylation sites (tertiary alicyclic amines) is 1. The van der Waals surface area contributed by atoms with Crippen molar-refractivity contribution in [1.82, 2.24) is 4.90 Å².